The fraction of sp³-hybridized carbons (Fsp3) is 0.364. The molecule has 5 nitrogen and oxygen atoms in total. The molecule has 1 aliphatic rings. The van der Waals surface area contributed by atoms with Crippen molar-refractivity contribution < 1.29 is 13.2 Å². The number of benzene rings is 1. The largest absolute Gasteiger partial charge is 0.307 e. The van der Waals surface area contributed by atoms with Crippen LogP contribution in [-0.2, 0) is 10.0 Å². The molecule has 1 heterocycles. The molecule has 0 aliphatic carbocycles. The van der Waals surface area contributed by atoms with E-state index in [0.717, 1.165) is 19.4 Å². The number of hydrogen-bond acceptors (Lipinski definition) is 4. The summed E-state index contributed by atoms with van der Waals surface area (Å²) in [5.74, 6) is -0.202. The summed E-state index contributed by atoms with van der Waals surface area (Å²) >= 11 is 0. The lowest BCUT2D eigenvalue weighted by atomic mass is 10.0. The molecule has 1 atom stereocenters. The molecule has 6 heteroatoms. The SMILES string of the molecule is NS(=O)(=O)c1ccccc1C(=O)[C@@H]1CCCN1. The quantitative estimate of drug-likeness (QED) is 0.758. The van der Waals surface area contributed by atoms with E-state index in [9.17, 15) is 13.2 Å². The van der Waals surface area contributed by atoms with Crippen molar-refractivity contribution in [2.45, 2.75) is 23.8 Å². The average molecular weight is 254 g/mol. The van der Waals surface area contributed by atoms with Gasteiger partial charge in [0.15, 0.2) is 5.78 Å². The second-order valence-corrected chi connectivity index (χ2v) is 5.58. The second-order valence-electron chi connectivity index (χ2n) is 4.05. The second kappa shape index (κ2) is 4.56. The van der Waals surface area contributed by atoms with E-state index in [1.807, 2.05) is 0 Å². The number of hydrogen-bond donors (Lipinski definition) is 2. The van der Waals surface area contributed by atoms with Gasteiger partial charge in [0.2, 0.25) is 10.0 Å². The van der Waals surface area contributed by atoms with Gasteiger partial charge in [-0.05, 0) is 31.5 Å². The number of carbonyl (C=O) groups is 1. The third-order valence-electron chi connectivity index (χ3n) is 2.84. The Balaban J connectivity index is 2.41. The number of ketones is 1. The third-order valence-corrected chi connectivity index (χ3v) is 3.80. The summed E-state index contributed by atoms with van der Waals surface area (Å²) in [5.41, 5.74) is 0.175. The molecular weight excluding hydrogens is 240 g/mol. The number of primary sulfonamides is 1. The minimum atomic E-state index is -3.86. The van der Waals surface area contributed by atoms with Gasteiger partial charge in [-0.15, -0.1) is 0 Å². The van der Waals surface area contributed by atoms with E-state index in [4.69, 9.17) is 5.14 Å². The van der Waals surface area contributed by atoms with Gasteiger partial charge in [-0.1, -0.05) is 12.1 Å². The summed E-state index contributed by atoms with van der Waals surface area (Å²) in [6.07, 6.45) is 1.66. The van der Waals surface area contributed by atoms with Gasteiger partial charge in [-0.25, -0.2) is 13.6 Å². The minimum Gasteiger partial charge on any atom is -0.307 e. The van der Waals surface area contributed by atoms with E-state index in [-0.39, 0.29) is 22.3 Å². The maximum absolute atomic E-state index is 12.1. The zero-order chi connectivity index (χ0) is 12.5. The molecule has 2 rings (SSSR count). The van der Waals surface area contributed by atoms with Crippen LogP contribution in [0.1, 0.15) is 23.2 Å². The fourth-order valence-electron chi connectivity index (χ4n) is 2.01. The van der Waals surface area contributed by atoms with Gasteiger partial charge in [0.05, 0.1) is 10.9 Å². The first-order chi connectivity index (χ1) is 8.00. The summed E-state index contributed by atoms with van der Waals surface area (Å²) in [4.78, 5) is 12.0. The molecule has 0 spiro atoms. The zero-order valence-corrected chi connectivity index (χ0v) is 10.0. The molecule has 0 aromatic heterocycles. The van der Waals surface area contributed by atoms with E-state index < -0.39 is 10.0 Å². The molecule has 17 heavy (non-hydrogen) atoms. The monoisotopic (exact) mass is 254 g/mol. The maximum Gasteiger partial charge on any atom is 0.238 e. The van der Waals surface area contributed by atoms with Gasteiger partial charge in [0, 0.05) is 5.56 Å². The molecule has 1 fully saturated rings. The van der Waals surface area contributed by atoms with Crippen molar-refractivity contribution in [2.24, 2.45) is 5.14 Å². The van der Waals surface area contributed by atoms with Crippen LogP contribution in [0.5, 0.6) is 0 Å². The number of nitrogens with two attached hydrogens (primary N) is 1. The highest BCUT2D eigenvalue weighted by Gasteiger charge is 2.27. The first-order valence-electron chi connectivity index (χ1n) is 5.39. The van der Waals surface area contributed by atoms with Gasteiger partial charge in [0.25, 0.3) is 0 Å². The van der Waals surface area contributed by atoms with Crippen molar-refractivity contribution in [2.75, 3.05) is 6.54 Å². The van der Waals surface area contributed by atoms with Crippen LogP contribution in [0.3, 0.4) is 0 Å². The number of sulfonamides is 1. The van der Waals surface area contributed by atoms with Crippen LogP contribution in [0.25, 0.3) is 0 Å². The minimum absolute atomic E-state index is 0.0984. The Morgan fingerprint density at radius 3 is 2.65 bits per heavy atom. The molecule has 1 aromatic carbocycles. The van der Waals surface area contributed by atoms with E-state index in [1.54, 1.807) is 12.1 Å². The van der Waals surface area contributed by atoms with Crippen LogP contribution < -0.4 is 10.5 Å². The molecule has 1 aliphatic heterocycles. The summed E-state index contributed by atoms with van der Waals surface area (Å²) in [5, 5.41) is 8.14. The molecule has 0 unspecified atom stereocenters. The van der Waals surface area contributed by atoms with E-state index >= 15 is 0 Å². The van der Waals surface area contributed by atoms with E-state index in [2.05, 4.69) is 5.32 Å². The Kier molecular flexibility index (Phi) is 3.28. The summed E-state index contributed by atoms with van der Waals surface area (Å²) in [6, 6.07) is 5.76. The standard InChI is InChI=1S/C11H14N2O3S/c12-17(15,16)10-6-2-1-4-8(10)11(14)9-5-3-7-13-9/h1-2,4,6,9,13H,3,5,7H2,(H2,12,15,16)/t9-/m0/s1. The Morgan fingerprint density at radius 2 is 2.06 bits per heavy atom. The molecule has 0 bridgehead atoms. The number of nitrogens with one attached hydrogen (secondary N) is 1. The Morgan fingerprint density at radius 1 is 1.35 bits per heavy atom. The average Bonchev–Trinajstić information content (AvgIpc) is 2.80. The molecule has 92 valence electrons. The van der Waals surface area contributed by atoms with E-state index in [1.165, 1.54) is 12.1 Å². The van der Waals surface area contributed by atoms with Crippen molar-refractivity contribution in [1.82, 2.24) is 5.32 Å². The lowest BCUT2D eigenvalue weighted by Gasteiger charge is -2.11. The molecule has 0 radical (unpaired) electrons. The van der Waals surface area contributed by atoms with Gasteiger partial charge >= 0.3 is 0 Å². The van der Waals surface area contributed by atoms with Crippen molar-refractivity contribution in [3.05, 3.63) is 29.8 Å². The first kappa shape index (κ1) is 12.2. The molecule has 0 amide bonds. The zero-order valence-electron chi connectivity index (χ0n) is 9.22. The Labute approximate surface area is 100 Å². The van der Waals surface area contributed by atoms with Crippen LogP contribution >= 0.6 is 0 Å². The smallest absolute Gasteiger partial charge is 0.238 e. The maximum atomic E-state index is 12.1. The predicted octanol–water partition coefficient (Wildman–Crippen LogP) is 0.269. The highest BCUT2D eigenvalue weighted by atomic mass is 32.2. The van der Waals surface area contributed by atoms with Crippen LogP contribution in [-0.4, -0.2) is 26.8 Å². The molecular formula is C11H14N2O3S. The molecule has 1 aromatic rings. The van der Waals surface area contributed by atoms with Crippen molar-refractivity contribution in [1.29, 1.82) is 0 Å². The van der Waals surface area contributed by atoms with Crippen molar-refractivity contribution in [3.63, 3.8) is 0 Å². The third kappa shape index (κ3) is 2.54. The van der Waals surface area contributed by atoms with Crippen molar-refractivity contribution >= 4 is 15.8 Å². The normalized spacial score (nSPS) is 20.4. The topological polar surface area (TPSA) is 89.3 Å². The highest BCUT2D eigenvalue weighted by molar-refractivity contribution is 7.89. The predicted molar refractivity (Wildman–Crippen MR) is 63.2 cm³/mol. The molecule has 0 saturated carbocycles. The molecule has 3 N–H and O–H groups in total. The lowest BCUT2D eigenvalue weighted by molar-refractivity contribution is 0.0949. The Bertz CT molecular complexity index is 533. The summed E-state index contributed by atoms with van der Waals surface area (Å²) in [7, 11) is -3.86. The number of carbonyl (C=O) groups excluding carboxylic acids is 1. The Hall–Kier alpha value is -1.24. The summed E-state index contributed by atoms with van der Waals surface area (Å²) < 4.78 is 22.8. The number of rotatable bonds is 3. The van der Waals surface area contributed by atoms with Gasteiger partial charge < -0.3 is 5.32 Å². The summed E-state index contributed by atoms with van der Waals surface area (Å²) in [6.45, 7) is 0.786. The number of Topliss-reactive ketones (excluding diaryl/α,β-unsaturated/α-hetero) is 1. The first-order valence-corrected chi connectivity index (χ1v) is 6.94. The lowest BCUT2D eigenvalue weighted by Crippen LogP contribution is -2.32. The van der Waals surface area contributed by atoms with Crippen LogP contribution in [0.4, 0.5) is 0 Å². The van der Waals surface area contributed by atoms with Gasteiger partial charge in [0.1, 0.15) is 0 Å². The fourth-order valence-corrected chi connectivity index (χ4v) is 2.76. The van der Waals surface area contributed by atoms with Gasteiger partial charge in [-0.3, -0.25) is 4.79 Å². The molecule has 1 saturated heterocycles. The van der Waals surface area contributed by atoms with Crippen LogP contribution in [0, 0.1) is 0 Å². The van der Waals surface area contributed by atoms with Crippen LogP contribution in [0.2, 0.25) is 0 Å². The van der Waals surface area contributed by atoms with Gasteiger partial charge in [-0.2, -0.15) is 0 Å². The van der Waals surface area contributed by atoms with Crippen LogP contribution in [0.15, 0.2) is 29.2 Å². The van der Waals surface area contributed by atoms with E-state index in [0.29, 0.717) is 0 Å². The van der Waals surface area contributed by atoms with Crippen molar-refractivity contribution in [3.8, 4) is 0 Å². The highest BCUT2D eigenvalue weighted by Crippen LogP contribution is 2.18.